The standard InChI is InChI=1S/C26H35N7O2S/c1-15-9-23(32-31-15)29-22-13-21-20(12-19(36-5)14-27-21)24(30-22)28-16-10-17-7-6-8-18(11-16)33(17)25(34)35-26(2,3)4/h9,12-14,16-18H,6-8,10-11H2,1-5H3,(H3,28,29,30,31,32). The van der Waals surface area contributed by atoms with Gasteiger partial charge in [-0.25, -0.2) is 9.78 Å². The highest BCUT2D eigenvalue weighted by atomic mass is 32.2. The molecule has 2 saturated heterocycles. The van der Waals surface area contributed by atoms with Gasteiger partial charge in [0, 0.05) is 52.4 Å². The molecule has 2 aliphatic rings. The number of rotatable bonds is 5. The highest BCUT2D eigenvalue weighted by Crippen LogP contribution is 2.37. The zero-order valence-electron chi connectivity index (χ0n) is 21.6. The second-order valence-corrected chi connectivity index (χ2v) is 11.7. The van der Waals surface area contributed by atoms with Crippen molar-refractivity contribution in [2.45, 2.75) is 88.4 Å². The van der Waals surface area contributed by atoms with E-state index in [-0.39, 0.29) is 24.2 Å². The first-order valence-corrected chi connectivity index (χ1v) is 13.8. The first-order chi connectivity index (χ1) is 17.2. The van der Waals surface area contributed by atoms with E-state index in [1.54, 1.807) is 11.8 Å². The summed E-state index contributed by atoms with van der Waals surface area (Å²) in [6.45, 7) is 7.74. The number of hydrogen-bond donors (Lipinski definition) is 3. The van der Waals surface area contributed by atoms with Crippen LogP contribution in [-0.4, -0.2) is 61.1 Å². The molecular formula is C26H35N7O2S. The highest BCUT2D eigenvalue weighted by molar-refractivity contribution is 7.98. The Morgan fingerprint density at radius 3 is 2.56 bits per heavy atom. The number of ether oxygens (including phenoxy) is 1. The van der Waals surface area contributed by atoms with Gasteiger partial charge < -0.3 is 20.3 Å². The molecule has 0 aliphatic carbocycles. The molecule has 5 heterocycles. The Bertz CT molecular complexity index is 1240. The van der Waals surface area contributed by atoms with Crippen LogP contribution >= 0.6 is 11.8 Å². The molecular weight excluding hydrogens is 474 g/mol. The third kappa shape index (κ3) is 5.38. The van der Waals surface area contributed by atoms with Crippen LogP contribution < -0.4 is 10.6 Å². The number of H-pyrrole nitrogens is 1. The van der Waals surface area contributed by atoms with E-state index in [9.17, 15) is 4.79 Å². The zero-order chi connectivity index (χ0) is 25.4. The van der Waals surface area contributed by atoms with Gasteiger partial charge >= 0.3 is 6.09 Å². The van der Waals surface area contributed by atoms with Crippen molar-refractivity contribution in [3.63, 3.8) is 0 Å². The normalized spacial score (nSPS) is 21.9. The third-order valence-electron chi connectivity index (χ3n) is 6.77. The molecule has 36 heavy (non-hydrogen) atoms. The van der Waals surface area contributed by atoms with Crippen molar-refractivity contribution in [3.8, 4) is 0 Å². The SMILES string of the molecule is CSc1cnc2cc(Nc3cc(C)[nH]n3)nc(NC3CC4CCCC(C3)N4C(=O)OC(C)(C)C)c2c1. The Morgan fingerprint density at radius 1 is 1.17 bits per heavy atom. The largest absolute Gasteiger partial charge is 0.444 e. The molecule has 0 aromatic carbocycles. The van der Waals surface area contributed by atoms with Crippen LogP contribution in [0, 0.1) is 6.92 Å². The van der Waals surface area contributed by atoms with Crippen LogP contribution in [0.25, 0.3) is 10.9 Å². The van der Waals surface area contributed by atoms with E-state index in [4.69, 9.17) is 14.7 Å². The van der Waals surface area contributed by atoms with E-state index in [1.807, 2.05) is 57.2 Å². The number of amides is 1. The Morgan fingerprint density at radius 2 is 1.92 bits per heavy atom. The number of thioether (sulfide) groups is 1. The number of carbonyl (C=O) groups excluding carboxylic acids is 1. The topological polar surface area (TPSA) is 108 Å². The number of aryl methyl sites for hydroxylation is 1. The molecule has 0 spiro atoms. The summed E-state index contributed by atoms with van der Waals surface area (Å²) in [6, 6.07) is 6.58. The van der Waals surface area contributed by atoms with Gasteiger partial charge in [-0.15, -0.1) is 11.8 Å². The molecule has 10 heteroatoms. The van der Waals surface area contributed by atoms with Gasteiger partial charge in [-0.2, -0.15) is 5.10 Å². The average molecular weight is 510 g/mol. The number of aromatic amines is 1. The smallest absolute Gasteiger partial charge is 0.410 e. The summed E-state index contributed by atoms with van der Waals surface area (Å²) in [5.74, 6) is 2.21. The van der Waals surface area contributed by atoms with Gasteiger partial charge in [-0.05, 0) is 72.1 Å². The second kappa shape index (κ2) is 9.80. The zero-order valence-corrected chi connectivity index (χ0v) is 22.4. The maximum atomic E-state index is 13.0. The summed E-state index contributed by atoms with van der Waals surface area (Å²) in [7, 11) is 0. The van der Waals surface area contributed by atoms with Crippen molar-refractivity contribution in [2.75, 3.05) is 16.9 Å². The highest BCUT2D eigenvalue weighted by Gasteiger charge is 2.42. The molecule has 3 N–H and O–H groups in total. The lowest BCUT2D eigenvalue weighted by Crippen LogP contribution is -2.58. The first-order valence-electron chi connectivity index (χ1n) is 12.6. The number of carbonyl (C=O) groups is 1. The number of piperidine rings is 2. The molecule has 2 atom stereocenters. The van der Waals surface area contributed by atoms with E-state index < -0.39 is 5.60 Å². The number of hydrogen-bond acceptors (Lipinski definition) is 8. The number of nitrogens with zero attached hydrogens (tertiary/aromatic N) is 4. The van der Waals surface area contributed by atoms with E-state index in [0.717, 1.165) is 59.4 Å². The van der Waals surface area contributed by atoms with Crippen molar-refractivity contribution >= 4 is 46.2 Å². The lowest BCUT2D eigenvalue weighted by molar-refractivity contribution is -0.0199. The van der Waals surface area contributed by atoms with Crippen molar-refractivity contribution in [1.29, 1.82) is 0 Å². The minimum atomic E-state index is -0.494. The van der Waals surface area contributed by atoms with Crippen molar-refractivity contribution in [2.24, 2.45) is 0 Å². The third-order valence-corrected chi connectivity index (χ3v) is 7.47. The van der Waals surface area contributed by atoms with E-state index in [2.05, 4.69) is 26.9 Å². The van der Waals surface area contributed by atoms with Gasteiger partial charge in [-0.3, -0.25) is 10.1 Å². The molecule has 2 unspecified atom stereocenters. The van der Waals surface area contributed by atoms with Crippen LogP contribution in [0.4, 0.5) is 22.2 Å². The predicted octanol–water partition coefficient (Wildman–Crippen LogP) is 5.86. The molecule has 5 rings (SSSR count). The number of fused-ring (bicyclic) bond motifs is 3. The van der Waals surface area contributed by atoms with Crippen molar-refractivity contribution in [3.05, 3.63) is 30.1 Å². The minimum Gasteiger partial charge on any atom is -0.444 e. The van der Waals surface area contributed by atoms with Gasteiger partial charge in [-0.1, -0.05) is 0 Å². The lowest BCUT2D eigenvalue weighted by Gasteiger charge is -2.48. The van der Waals surface area contributed by atoms with Crippen LogP contribution in [0.2, 0.25) is 0 Å². The predicted molar refractivity (Wildman–Crippen MR) is 144 cm³/mol. The maximum Gasteiger partial charge on any atom is 0.410 e. The summed E-state index contributed by atoms with van der Waals surface area (Å²) < 4.78 is 5.75. The van der Waals surface area contributed by atoms with Crippen LogP contribution in [0.1, 0.15) is 58.6 Å². The van der Waals surface area contributed by atoms with Crippen LogP contribution in [0.15, 0.2) is 29.3 Å². The first kappa shape index (κ1) is 24.7. The molecule has 192 valence electrons. The average Bonchev–Trinajstić information content (AvgIpc) is 3.21. The number of pyridine rings is 2. The van der Waals surface area contributed by atoms with Gasteiger partial charge in [0.2, 0.25) is 0 Å². The number of anilines is 3. The summed E-state index contributed by atoms with van der Waals surface area (Å²) in [5.41, 5.74) is 1.35. The van der Waals surface area contributed by atoms with E-state index in [1.165, 1.54) is 0 Å². The number of aromatic nitrogens is 4. The molecule has 3 aromatic rings. The van der Waals surface area contributed by atoms with Gasteiger partial charge in [0.1, 0.15) is 17.2 Å². The Labute approximate surface area is 216 Å². The minimum absolute atomic E-state index is 0.171. The Balaban J connectivity index is 1.41. The molecule has 2 aliphatic heterocycles. The fraction of sp³-hybridized carbons (Fsp3) is 0.538. The molecule has 9 nitrogen and oxygen atoms in total. The Kier molecular flexibility index (Phi) is 6.72. The van der Waals surface area contributed by atoms with Crippen LogP contribution in [-0.2, 0) is 4.74 Å². The molecule has 2 fully saturated rings. The van der Waals surface area contributed by atoms with Crippen LogP contribution in [0.3, 0.4) is 0 Å². The monoisotopic (exact) mass is 509 g/mol. The molecule has 0 saturated carbocycles. The fourth-order valence-electron chi connectivity index (χ4n) is 5.31. The molecule has 3 aromatic heterocycles. The van der Waals surface area contributed by atoms with Gasteiger partial charge in [0.25, 0.3) is 0 Å². The number of nitrogens with one attached hydrogen (secondary N) is 3. The lowest BCUT2D eigenvalue weighted by atomic mass is 9.82. The van der Waals surface area contributed by atoms with E-state index >= 15 is 0 Å². The maximum absolute atomic E-state index is 13.0. The van der Waals surface area contributed by atoms with Crippen molar-refractivity contribution in [1.82, 2.24) is 25.1 Å². The Hall–Kier alpha value is -3.01. The molecule has 2 bridgehead atoms. The summed E-state index contributed by atoms with van der Waals surface area (Å²) in [6.07, 6.45) is 8.63. The summed E-state index contributed by atoms with van der Waals surface area (Å²) in [5, 5.41) is 15.3. The van der Waals surface area contributed by atoms with Gasteiger partial charge in [0.05, 0.1) is 5.52 Å². The quantitative estimate of drug-likeness (QED) is 0.367. The molecule has 1 amide bonds. The van der Waals surface area contributed by atoms with Crippen LogP contribution in [0.5, 0.6) is 0 Å². The van der Waals surface area contributed by atoms with Crippen molar-refractivity contribution < 1.29 is 9.53 Å². The summed E-state index contributed by atoms with van der Waals surface area (Å²) >= 11 is 1.66. The molecule has 0 radical (unpaired) electrons. The summed E-state index contributed by atoms with van der Waals surface area (Å²) in [4.78, 5) is 25.7. The second-order valence-electron chi connectivity index (χ2n) is 10.8. The van der Waals surface area contributed by atoms with E-state index in [0.29, 0.717) is 11.6 Å². The fourth-order valence-corrected chi connectivity index (χ4v) is 5.70. The van der Waals surface area contributed by atoms with Gasteiger partial charge in [0.15, 0.2) is 5.82 Å².